The quantitative estimate of drug-likeness (QED) is 0.658. The molecular formula is C20H16N2O2S2. The zero-order valence-corrected chi connectivity index (χ0v) is 15.5. The van der Waals surface area contributed by atoms with Crippen LogP contribution < -0.4 is 10.6 Å². The van der Waals surface area contributed by atoms with Gasteiger partial charge >= 0.3 is 0 Å². The summed E-state index contributed by atoms with van der Waals surface area (Å²) in [6.45, 7) is 0.292. The van der Waals surface area contributed by atoms with E-state index in [-0.39, 0.29) is 18.2 Å². The Bertz CT molecular complexity index is 936. The molecule has 0 bridgehead atoms. The molecule has 2 heterocycles. The molecule has 2 amide bonds. The molecule has 0 unspecified atom stereocenters. The number of carbonyl (C=O) groups excluding carboxylic acids is 2. The molecule has 0 saturated heterocycles. The standard InChI is InChI=1S/C20H16N2O2S2/c23-19(10-11-21-20(24)18-7-3-13-26-18)22-16-5-1-4-15(14-16)8-9-17-6-2-12-25-17/h1-7,12-14H,10-11H2,(H,21,24)(H,22,23). The molecule has 3 rings (SSSR count). The summed E-state index contributed by atoms with van der Waals surface area (Å²) in [6, 6.07) is 14.9. The lowest BCUT2D eigenvalue weighted by molar-refractivity contribution is -0.116. The van der Waals surface area contributed by atoms with Crippen LogP contribution in [-0.2, 0) is 4.79 Å². The number of hydrogen-bond acceptors (Lipinski definition) is 4. The lowest BCUT2D eigenvalue weighted by atomic mass is 10.2. The van der Waals surface area contributed by atoms with Crippen LogP contribution in [0.2, 0.25) is 0 Å². The van der Waals surface area contributed by atoms with Crippen molar-refractivity contribution in [2.24, 2.45) is 0 Å². The first-order chi connectivity index (χ1) is 12.7. The second-order valence-corrected chi connectivity index (χ2v) is 7.23. The van der Waals surface area contributed by atoms with Gasteiger partial charge in [0, 0.05) is 24.2 Å². The molecule has 0 aliphatic heterocycles. The molecule has 0 aliphatic carbocycles. The van der Waals surface area contributed by atoms with Gasteiger partial charge in [-0.3, -0.25) is 9.59 Å². The molecule has 0 radical (unpaired) electrons. The van der Waals surface area contributed by atoms with Crippen LogP contribution in [0.4, 0.5) is 5.69 Å². The summed E-state index contributed by atoms with van der Waals surface area (Å²) in [5.74, 6) is 5.87. The van der Waals surface area contributed by atoms with Crippen molar-refractivity contribution < 1.29 is 9.59 Å². The van der Waals surface area contributed by atoms with Crippen LogP contribution in [-0.4, -0.2) is 18.4 Å². The van der Waals surface area contributed by atoms with Gasteiger partial charge in [-0.05, 0) is 41.1 Å². The van der Waals surface area contributed by atoms with E-state index in [2.05, 4.69) is 22.5 Å². The lowest BCUT2D eigenvalue weighted by Gasteiger charge is -2.06. The Morgan fingerprint density at radius 3 is 2.58 bits per heavy atom. The second kappa shape index (κ2) is 8.99. The van der Waals surface area contributed by atoms with Gasteiger partial charge in [0.2, 0.25) is 5.91 Å². The van der Waals surface area contributed by atoms with Gasteiger partial charge < -0.3 is 10.6 Å². The topological polar surface area (TPSA) is 58.2 Å². The van der Waals surface area contributed by atoms with E-state index in [1.165, 1.54) is 11.3 Å². The number of anilines is 1. The third kappa shape index (κ3) is 5.31. The highest BCUT2D eigenvalue weighted by atomic mass is 32.1. The first kappa shape index (κ1) is 17.9. The van der Waals surface area contributed by atoms with Crippen molar-refractivity contribution in [3.63, 3.8) is 0 Å². The van der Waals surface area contributed by atoms with Gasteiger partial charge in [-0.2, -0.15) is 0 Å². The highest BCUT2D eigenvalue weighted by Crippen LogP contribution is 2.12. The maximum atomic E-state index is 12.0. The van der Waals surface area contributed by atoms with E-state index in [0.29, 0.717) is 17.1 Å². The second-order valence-electron chi connectivity index (χ2n) is 5.34. The highest BCUT2D eigenvalue weighted by Gasteiger charge is 2.07. The number of amides is 2. The van der Waals surface area contributed by atoms with Crippen LogP contribution in [0.1, 0.15) is 26.5 Å². The van der Waals surface area contributed by atoms with Gasteiger partial charge in [-0.25, -0.2) is 0 Å². The van der Waals surface area contributed by atoms with Crippen molar-refractivity contribution in [3.05, 3.63) is 74.6 Å². The Morgan fingerprint density at radius 2 is 1.81 bits per heavy atom. The average molecular weight is 380 g/mol. The first-order valence-corrected chi connectivity index (χ1v) is 9.74. The number of rotatable bonds is 5. The molecule has 0 aliphatic rings. The third-order valence-electron chi connectivity index (χ3n) is 3.38. The van der Waals surface area contributed by atoms with Crippen LogP contribution in [0.5, 0.6) is 0 Å². The van der Waals surface area contributed by atoms with Crippen LogP contribution in [0.15, 0.2) is 59.3 Å². The fourth-order valence-electron chi connectivity index (χ4n) is 2.17. The molecule has 2 aromatic heterocycles. The SMILES string of the molecule is O=C(CCNC(=O)c1cccs1)Nc1cccc(C#Cc2cccs2)c1. The van der Waals surface area contributed by atoms with Crippen molar-refractivity contribution in [1.82, 2.24) is 5.32 Å². The summed E-state index contributed by atoms with van der Waals surface area (Å²) in [4.78, 5) is 25.5. The molecule has 0 atom stereocenters. The zero-order chi connectivity index (χ0) is 18.2. The third-order valence-corrected chi connectivity index (χ3v) is 5.03. The number of benzene rings is 1. The van der Waals surface area contributed by atoms with Gasteiger partial charge in [-0.1, -0.05) is 30.0 Å². The molecule has 130 valence electrons. The maximum Gasteiger partial charge on any atom is 0.261 e. The summed E-state index contributed by atoms with van der Waals surface area (Å²) >= 11 is 2.96. The van der Waals surface area contributed by atoms with Crippen molar-refractivity contribution >= 4 is 40.2 Å². The number of thiophene rings is 2. The van der Waals surface area contributed by atoms with Gasteiger partial charge in [0.1, 0.15) is 0 Å². The summed E-state index contributed by atoms with van der Waals surface area (Å²) in [5, 5.41) is 9.40. The molecule has 0 spiro atoms. The Labute approximate surface area is 159 Å². The maximum absolute atomic E-state index is 12.0. The van der Waals surface area contributed by atoms with Gasteiger partial charge in [-0.15, -0.1) is 22.7 Å². The molecule has 4 nitrogen and oxygen atoms in total. The van der Waals surface area contributed by atoms with Crippen molar-refractivity contribution in [2.45, 2.75) is 6.42 Å². The van der Waals surface area contributed by atoms with Gasteiger partial charge in [0.15, 0.2) is 0 Å². The van der Waals surface area contributed by atoms with Gasteiger partial charge in [0.05, 0.1) is 9.75 Å². The van der Waals surface area contributed by atoms with Crippen molar-refractivity contribution in [2.75, 3.05) is 11.9 Å². The summed E-state index contributed by atoms with van der Waals surface area (Å²) in [7, 11) is 0. The van der Waals surface area contributed by atoms with Gasteiger partial charge in [0.25, 0.3) is 5.91 Å². The highest BCUT2D eigenvalue weighted by molar-refractivity contribution is 7.12. The fourth-order valence-corrected chi connectivity index (χ4v) is 3.38. The minimum atomic E-state index is -0.154. The van der Waals surface area contributed by atoms with E-state index >= 15 is 0 Å². The van der Waals surface area contributed by atoms with Crippen LogP contribution >= 0.6 is 22.7 Å². The number of nitrogens with one attached hydrogen (secondary N) is 2. The monoisotopic (exact) mass is 380 g/mol. The molecule has 2 N–H and O–H groups in total. The number of hydrogen-bond donors (Lipinski definition) is 2. The Hall–Kier alpha value is -2.88. The van der Waals surface area contributed by atoms with E-state index in [0.717, 1.165) is 10.4 Å². The van der Waals surface area contributed by atoms with E-state index < -0.39 is 0 Å². The minimum Gasteiger partial charge on any atom is -0.351 e. The molecule has 1 aromatic carbocycles. The average Bonchev–Trinajstić information content (AvgIpc) is 3.34. The van der Waals surface area contributed by atoms with Crippen LogP contribution in [0, 0.1) is 11.8 Å². The van der Waals surface area contributed by atoms with E-state index in [1.807, 2.05) is 53.2 Å². The predicted octanol–water partition coefficient (Wildman–Crippen LogP) is 3.97. The van der Waals surface area contributed by atoms with E-state index in [4.69, 9.17) is 0 Å². The van der Waals surface area contributed by atoms with Crippen LogP contribution in [0.25, 0.3) is 0 Å². The van der Waals surface area contributed by atoms with Crippen LogP contribution in [0.3, 0.4) is 0 Å². The Balaban J connectivity index is 1.49. The Morgan fingerprint density at radius 1 is 0.962 bits per heavy atom. The lowest BCUT2D eigenvalue weighted by Crippen LogP contribution is -2.27. The smallest absolute Gasteiger partial charge is 0.261 e. The van der Waals surface area contributed by atoms with E-state index in [1.54, 1.807) is 17.4 Å². The molecule has 0 fully saturated rings. The molecule has 3 aromatic rings. The molecular weight excluding hydrogens is 364 g/mol. The predicted molar refractivity (Wildman–Crippen MR) is 107 cm³/mol. The molecule has 26 heavy (non-hydrogen) atoms. The number of carbonyl (C=O) groups is 2. The fraction of sp³-hybridized carbons (Fsp3) is 0.100. The van der Waals surface area contributed by atoms with E-state index in [9.17, 15) is 9.59 Å². The Kier molecular flexibility index (Phi) is 6.20. The molecule has 0 saturated carbocycles. The van der Waals surface area contributed by atoms with Crippen molar-refractivity contribution in [3.8, 4) is 11.8 Å². The molecule has 6 heteroatoms. The largest absolute Gasteiger partial charge is 0.351 e. The summed E-state index contributed by atoms with van der Waals surface area (Å²) in [5.41, 5.74) is 1.53. The summed E-state index contributed by atoms with van der Waals surface area (Å²) in [6.07, 6.45) is 0.211. The normalized spacial score (nSPS) is 9.85. The first-order valence-electron chi connectivity index (χ1n) is 7.98. The zero-order valence-electron chi connectivity index (χ0n) is 13.8. The summed E-state index contributed by atoms with van der Waals surface area (Å²) < 4.78 is 0. The van der Waals surface area contributed by atoms with Crippen molar-refractivity contribution in [1.29, 1.82) is 0 Å². The minimum absolute atomic E-state index is 0.153.